The van der Waals surface area contributed by atoms with Gasteiger partial charge in [-0.05, 0) is 54.3 Å². The van der Waals surface area contributed by atoms with Crippen LogP contribution in [0.1, 0.15) is 50.4 Å². The van der Waals surface area contributed by atoms with Gasteiger partial charge < -0.3 is 19.7 Å². The maximum Gasteiger partial charge on any atom is 0.260 e. The molecular formula is C26H33FN2O4. The minimum Gasteiger partial charge on any atom is -0.481 e. The highest BCUT2D eigenvalue weighted by Gasteiger charge is 2.37. The Morgan fingerprint density at radius 1 is 1.21 bits per heavy atom. The van der Waals surface area contributed by atoms with Crippen LogP contribution in [0.4, 0.5) is 4.39 Å². The second kappa shape index (κ2) is 10.3. The lowest BCUT2D eigenvalue weighted by molar-refractivity contribution is -0.141. The van der Waals surface area contributed by atoms with Crippen LogP contribution in [0.25, 0.3) is 0 Å². The summed E-state index contributed by atoms with van der Waals surface area (Å²) in [6.07, 6.45) is -0.0144. The number of hydrogen-bond acceptors (Lipinski definition) is 4. The molecule has 2 aromatic carbocycles. The Labute approximate surface area is 195 Å². The van der Waals surface area contributed by atoms with Gasteiger partial charge in [0, 0.05) is 25.6 Å². The molecule has 0 aliphatic carbocycles. The first-order valence-electron chi connectivity index (χ1n) is 11.2. The highest BCUT2D eigenvalue weighted by atomic mass is 19.1. The molecule has 2 amide bonds. The van der Waals surface area contributed by atoms with Crippen molar-refractivity contribution in [3.8, 4) is 5.75 Å². The lowest BCUT2D eigenvalue weighted by atomic mass is 9.85. The molecule has 3 rings (SSSR count). The molecule has 0 unspecified atom stereocenters. The second-order valence-corrected chi connectivity index (χ2v) is 9.36. The van der Waals surface area contributed by atoms with Gasteiger partial charge in [0.1, 0.15) is 11.6 Å². The van der Waals surface area contributed by atoms with Gasteiger partial charge in [0.05, 0.1) is 12.6 Å². The van der Waals surface area contributed by atoms with E-state index >= 15 is 0 Å². The van der Waals surface area contributed by atoms with Crippen LogP contribution >= 0.6 is 0 Å². The zero-order valence-corrected chi connectivity index (χ0v) is 20.0. The van der Waals surface area contributed by atoms with Crippen molar-refractivity contribution in [2.24, 2.45) is 5.41 Å². The highest BCUT2D eigenvalue weighted by molar-refractivity contribution is 5.83. The molecule has 1 heterocycles. The van der Waals surface area contributed by atoms with Crippen LogP contribution in [-0.4, -0.2) is 49.6 Å². The van der Waals surface area contributed by atoms with Crippen molar-refractivity contribution in [2.75, 3.05) is 26.8 Å². The van der Waals surface area contributed by atoms with Crippen molar-refractivity contribution in [1.29, 1.82) is 0 Å². The van der Waals surface area contributed by atoms with Crippen LogP contribution in [0, 0.1) is 11.2 Å². The lowest BCUT2D eigenvalue weighted by Crippen LogP contribution is -2.45. The third-order valence-corrected chi connectivity index (χ3v) is 5.70. The number of rotatable bonds is 7. The number of nitrogens with zero attached hydrogens (tertiary/aromatic N) is 1. The molecule has 0 spiro atoms. The summed E-state index contributed by atoms with van der Waals surface area (Å²) in [5.74, 6) is -0.0678. The molecule has 0 aromatic heterocycles. The number of hydrogen-bond donors (Lipinski definition) is 1. The minimum absolute atomic E-state index is 0.000350. The summed E-state index contributed by atoms with van der Waals surface area (Å²) in [4.78, 5) is 27.4. The van der Waals surface area contributed by atoms with Crippen molar-refractivity contribution in [3.05, 3.63) is 65.0 Å². The van der Waals surface area contributed by atoms with Crippen molar-refractivity contribution in [3.63, 3.8) is 0 Å². The predicted octanol–water partition coefficient (Wildman–Crippen LogP) is 3.88. The average Bonchev–Trinajstić information content (AvgIpc) is 2.77. The van der Waals surface area contributed by atoms with E-state index < -0.39 is 17.6 Å². The largest absolute Gasteiger partial charge is 0.481 e. The van der Waals surface area contributed by atoms with E-state index in [2.05, 4.69) is 5.32 Å². The zero-order valence-electron chi connectivity index (χ0n) is 20.0. The number of amides is 2. The van der Waals surface area contributed by atoms with E-state index in [0.29, 0.717) is 37.4 Å². The van der Waals surface area contributed by atoms with Crippen LogP contribution in [-0.2, 0) is 20.7 Å². The SMILES string of the molecule is COCCNC(=O)[C@@H](C)Oc1ccc2c(c1)[C@@H](c1cccc(F)c1)N(C(=O)C(C)(C)C)CC2. The fourth-order valence-electron chi connectivity index (χ4n) is 4.03. The molecule has 1 aliphatic rings. The predicted molar refractivity (Wildman–Crippen MR) is 125 cm³/mol. The number of carbonyl (C=O) groups is 2. The van der Waals surface area contributed by atoms with Gasteiger partial charge in [0.2, 0.25) is 5.91 Å². The van der Waals surface area contributed by atoms with Gasteiger partial charge in [0.25, 0.3) is 5.91 Å². The van der Waals surface area contributed by atoms with Crippen molar-refractivity contribution < 1.29 is 23.5 Å². The summed E-state index contributed by atoms with van der Waals surface area (Å²) in [5.41, 5.74) is 2.09. The van der Waals surface area contributed by atoms with Crippen LogP contribution in [0.2, 0.25) is 0 Å². The summed E-state index contributed by atoms with van der Waals surface area (Å²) in [5, 5.41) is 2.76. The fourth-order valence-corrected chi connectivity index (χ4v) is 4.03. The molecule has 1 N–H and O–H groups in total. The molecule has 0 radical (unpaired) electrons. The van der Waals surface area contributed by atoms with Crippen LogP contribution in [0.3, 0.4) is 0 Å². The maximum absolute atomic E-state index is 14.1. The monoisotopic (exact) mass is 456 g/mol. The quantitative estimate of drug-likeness (QED) is 0.642. The summed E-state index contributed by atoms with van der Waals surface area (Å²) >= 11 is 0. The Morgan fingerprint density at radius 2 is 1.97 bits per heavy atom. The molecule has 0 saturated heterocycles. The third-order valence-electron chi connectivity index (χ3n) is 5.70. The Kier molecular flexibility index (Phi) is 7.74. The van der Waals surface area contributed by atoms with Gasteiger partial charge in [-0.1, -0.05) is 39.0 Å². The van der Waals surface area contributed by atoms with E-state index in [9.17, 15) is 14.0 Å². The molecule has 178 valence electrons. The number of benzene rings is 2. The van der Waals surface area contributed by atoms with E-state index in [4.69, 9.17) is 9.47 Å². The number of ether oxygens (including phenoxy) is 2. The molecule has 33 heavy (non-hydrogen) atoms. The summed E-state index contributed by atoms with van der Waals surface area (Å²) in [6, 6.07) is 11.6. The molecule has 0 saturated carbocycles. The number of halogens is 1. The average molecular weight is 457 g/mol. The number of methoxy groups -OCH3 is 1. The maximum atomic E-state index is 14.1. The second-order valence-electron chi connectivity index (χ2n) is 9.36. The van der Waals surface area contributed by atoms with Crippen molar-refractivity contribution in [1.82, 2.24) is 10.2 Å². The number of nitrogens with one attached hydrogen (secondary N) is 1. The molecule has 2 aromatic rings. The van der Waals surface area contributed by atoms with Gasteiger partial charge in [0.15, 0.2) is 6.10 Å². The smallest absolute Gasteiger partial charge is 0.260 e. The first-order chi connectivity index (χ1) is 15.6. The molecule has 6 nitrogen and oxygen atoms in total. The summed E-state index contributed by atoms with van der Waals surface area (Å²) in [6.45, 7) is 8.71. The Morgan fingerprint density at radius 3 is 2.64 bits per heavy atom. The standard InChI is InChI=1S/C26H33FN2O4/c1-17(24(30)28-12-14-32-5)33-21-10-9-18-11-13-29(25(31)26(2,3)4)23(22(18)16-21)19-7-6-8-20(27)15-19/h6-10,15-17,23H,11-14H2,1-5H3,(H,28,30)/t17-,23-/m1/s1. The van der Waals surface area contributed by atoms with Gasteiger partial charge >= 0.3 is 0 Å². The van der Waals surface area contributed by atoms with Crippen LogP contribution in [0.15, 0.2) is 42.5 Å². The fraction of sp³-hybridized carbons (Fsp3) is 0.462. The molecule has 1 aliphatic heterocycles. The van der Waals surface area contributed by atoms with E-state index in [0.717, 1.165) is 11.1 Å². The molecule has 0 fully saturated rings. The van der Waals surface area contributed by atoms with E-state index in [1.54, 1.807) is 20.1 Å². The number of fused-ring (bicyclic) bond motifs is 1. The minimum atomic E-state index is -0.705. The van der Waals surface area contributed by atoms with Crippen LogP contribution < -0.4 is 10.1 Å². The van der Waals surface area contributed by atoms with Gasteiger partial charge in [-0.2, -0.15) is 0 Å². The van der Waals surface area contributed by atoms with Crippen LogP contribution in [0.5, 0.6) is 5.75 Å². The third kappa shape index (κ3) is 5.90. The molecule has 0 bridgehead atoms. The first kappa shape index (κ1) is 24.7. The Balaban J connectivity index is 1.94. The molecule has 2 atom stereocenters. The highest BCUT2D eigenvalue weighted by Crippen LogP contribution is 2.39. The van der Waals surface area contributed by atoms with Gasteiger partial charge in [-0.15, -0.1) is 0 Å². The van der Waals surface area contributed by atoms with E-state index in [-0.39, 0.29) is 17.6 Å². The molecule has 7 heteroatoms. The van der Waals surface area contributed by atoms with Crippen molar-refractivity contribution in [2.45, 2.75) is 46.3 Å². The van der Waals surface area contributed by atoms with E-state index in [1.807, 2.05) is 49.9 Å². The Bertz CT molecular complexity index is 1000. The van der Waals surface area contributed by atoms with Gasteiger partial charge in [-0.25, -0.2) is 4.39 Å². The molecular weight excluding hydrogens is 423 g/mol. The summed E-state index contributed by atoms with van der Waals surface area (Å²) < 4.78 is 25.0. The lowest BCUT2D eigenvalue weighted by Gasteiger charge is -2.41. The first-order valence-corrected chi connectivity index (χ1v) is 11.2. The number of carbonyl (C=O) groups excluding carboxylic acids is 2. The normalized spacial score (nSPS) is 16.7. The van der Waals surface area contributed by atoms with Crippen molar-refractivity contribution >= 4 is 11.8 Å². The summed E-state index contributed by atoms with van der Waals surface area (Å²) in [7, 11) is 1.57. The van der Waals surface area contributed by atoms with Gasteiger partial charge in [-0.3, -0.25) is 9.59 Å². The topological polar surface area (TPSA) is 67.9 Å². The zero-order chi connectivity index (χ0) is 24.2. The Hall–Kier alpha value is -2.93. The van der Waals surface area contributed by atoms with E-state index in [1.165, 1.54) is 12.1 Å².